The number of rotatable bonds is 10. The fraction of sp³-hybridized carbons (Fsp3) is 0.457. The highest BCUT2D eigenvalue weighted by molar-refractivity contribution is 5.94. The minimum atomic E-state index is -1.05. The van der Waals surface area contributed by atoms with Crippen LogP contribution in [-0.4, -0.2) is 78.1 Å². The third kappa shape index (κ3) is 6.59. The van der Waals surface area contributed by atoms with Gasteiger partial charge in [0.25, 0.3) is 5.91 Å². The van der Waals surface area contributed by atoms with Gasteiger partial charge in [-0.25, -0.2) is 4.79 Å². The van der Waals surface area contributed by atoms with E-state index in [9.17, 15) is 19.5 Å². The van der Waals surface area contributed by atoms with Crippen LogP contribution in [0.1, 0.15) is 53.6 Å². The molecule has 1 aliphatic carbocycles. The van der Waals surface area contributed by atoms with Crippen LogP contribution in [0.25, 0.3) is 0 Å². The molecular formula is C35H45N5O4. The Kier molecular flexibility index (Phi) is 9.86. The Hall–Kier alpha value is -3.95. The summed E-state index contributed by atoms with van der Waals surface area (Å²) < 4.78 is 0. The van der Waals surface area contributed by atoms with Crippen molar-refractivity contribution in [1.82, 2.24) is 20.4 Å². The van der Waals surface area contributed by atoms with E-state index in [0.717, 1.165) is 69.5 Å². The molecule has 9 heteroatoms. The summed E-state index contributed by atoms with van der Waals surface area (Å²) in [5.74, 6) is -0.238. The molecular weight excluding hydrogens is 554 g/mol. The van der Waals surface area contributed by atoms with E-state index < -0.39 is 17.0 Å². The first kappa shape index (κ1) is 31.5. The summed E-state index contributed by atoms with van der Waals surface area (Å²) in [5.41, 5.74) is 6.68. The first-order valence-electron chi connectivity index (χ1n) is 15.7. The van der Waals surface area contributed by atoms with Crippen LogP contribution in [0, 0.1) is 11.8 Å². The van der Waals surface area contributed by atoms with Crippen molar-refractivity contribution in [2.75, 3.05) is 39.8 Å². The molecule has 5 N–H and O–H groups in total. The molecule has 0 bridgehead atoms. The second-order valence-electron chi connectivity index (χ2n) is 12.5. The van der Waals surface area contributed by atoms with Crippen LogP contribution in [0.4, 0.5) is 4.79 Å². The second-order valence-corrected chi connectivity index (χ2v) is 12.5. The number of piperidine rings is 2. The monoisotopic (exact) mass is 599 g/mol. The summed E-state index contributed by atoms with van der Waals surface area (Å²) in [6.07, 6.45) is 10.9. The maximum absolute atomic E-state index is 13.6. The van der Waals surface area contributed by atoms with Crippen LogP contribution in [0.2, 0.25) is 0 Å². The van der Waals surface area contributed by atoms with Crippen molar-refractivity contribution in [1.29, 1.82) is 0 Å². The molecule has 3 aliphatic rings. The SMILES string of the molecule is CN(CCC1(c2ccccc2)C=CC=CC1(NC(=O)O)C1CCNCC1)C(=O)c1ccc(CN2CCC(C(N)=O)CC2)cc1. The molecule has 9 nitrogen and oxygen atoms in total. The number of hydrogen-bond acceptors (Lipinski definition) is 5. The molecule has 0 radical (unpaired) electrons. The Labute approximate surface area is 260 Å². The second kappa shape index (κ2) is 13.8. The molecule has 234 valence electrons. The van der Waals surface area contributed by atoms with Gasteiger partial charge in [-0.1, -0.05) is 66.8 Å². The zero-order chi connectivity index (χ0) is 31.2. The molecule has 2 unspecified atom stereocenters. The van der Waals surface area contributed by atoms with Crippen molar-refractivity contribution in [3.8, 4) is 0 Å². The van der Waals surface area contributed by atoms with Gasteiger partial charge in [0, 0.05) is 37.0 Å². The Balaban J connectivity index is 1.33. The summed E-state index contributed by atoms with van der Waals surface area (Å²) in [7, 11) is 1.82. The lowest BCUT2D eigenvalue weighted by atomic mass is 9.55. The molecule has 2 aromatic carbocycles. The Morgan fingerprint density at radius 2 is 1.64 bits per heavy atom. The minimum absolute atomic E-state index is 0.0346. The molecule has 3 amide bonds. The van der Waals surface area contributed by atoms with E-state index in [4.69, 9.17) is 5.73 Å². The normalized spacial score (nSPS) is 24.6. The van der Waals surface area contributed by atoms with Gasteiger partial charge in [-0.15, -0.1) is 0 Å². The van der Waals surface area contributed by atoms with Crippen LogP contribution in [0.15, 0.2) is 78.9 Å². The van der Waals surface area contributed by atoms with Crippen LogP contribution in [0.5, 0.6) is 0 Å². The van der Waals surface area contributed by atoms with Crippen molar-refractivity contribution < 1.29 is 19.5 Å². The van der Waals surface area contributed by atoms with Crippen molar-refractivity contribution in [3.05, 3.63) is 95.6 Å². The summed E-state index contributed by atoms with van der Waals surface area (Å²) in [6, 6.07) is 17.9. The standard InChI is InChI=1S/C35H45N5O4/c1-39(32(42)28-11-9-26(10-12-28)25-40-22-15-27(16-23-40)31(36)41)24-19-34(29-7-3-2-4-8-29)17-5-6-18-35(34,38-33(43)44)30-13-20-37-21-14-30/h2-12,17-18,27,30,37-38H,13-16,19-25H2,1H3,(H2,36,41)(H,43,44). The van der Waals surface area contributed by atoms with Gasteiger partial charge in [-0.2, -0.15) is 0 Å². The number of carbonyl (C=O) groups is 3. The number of likely N-dealkylation sites (tertiary alicyclic amines) is 1. The quantitative estimate of drug-likeness (QED) is 0.328. The van der Waals surface area contributed by atoms with Gasteiger partial charge in [0.05, 0.1) is 5.54 Å². The number of primary amides is 1. The van der Waals surface area contributed by atoms with Gasteiger partial charge >= 0.3 is 6.09 Å². The highest BCUT2D eigenvalue weighted by atomic mass is 16.4. The van der Waals surface area contributed by atoms with Crippen LogP contribution in [-0.2, 0) is 16.8 Å². The summed E-state index contributed by atoms with van der Waals surface area (Å²) in [6.45, 7) is 4.53. The van der Waals surface area contributed by atoms with Gasteiger partial charge in [0.15, 0.2) is 0 Å². The molecule has 0 saturated carbocycles. The molecule has 0 aromatic heterocycles. The van der Waals surface area contributed by atoms with E-state index in [2.05, 4.69) is 33.7 Å². The molecule has 2 aromatic rings. The number of carboxylic acid groups (broad SMARTS) is 1. The average molecular weight is 600 g/mol. The zero-order valence-corrected chi connectivity index (χ0v) is 25.6. The van der Waals surface area contributed by atoms with E-state index in [-0.39, 0.29) is 23.7 Å². The van der Waals surface area contributed by atoms with Gasteiger partial charge in [-0.05, 0) is 87.5 Å². The summed E-state index contributed by atoms with van der Waals surface area (Å²) >= 11 is 0. The first-order valence-corrected chi connectivity index (χ1v) is 15.7. The van der Waals surface area contributed by atoms with E-state index >= 15 is 0 Å². The number of benzene rings is 2. The fourth-order valence-electron chi connectivity index (χ4n) is 7.48. The molecule has 0 spiro atoms. The van der Waals surface area contributed by atoms with Gasteiger partial charge in [-0.3, -0.25) is 14.5 Å². The lowest BCUT2D eigenvalue weighted by Crippen LogP contribution is -2.66. The number of carbonyl (C=O) groups excluding carboxylic acids is 2. The van der Waals surface area contributed by atoms with Crippen LogP contribution in [0.3, 0.4) is 0 Å². The van der Waals surface area contributed by atoms with E-state index in [1.165, 1.54) is 0 Å². The molecule has 2 heterocycles. The number of amides is 3. The predicted octanol–water partition coefficient (Wildman–Crippen LogP) is 3.92. The smallest absolute Gasteiger partial charge is 0.405 e. The fourth-order valence-corrected chi connectivity index (χ4v) is 7.48. The topological polar surface area (TPSA) is 128 Å². The van der Waals surface area contributed by atoms with Crippen molar-refractivity contribution in [2.24, 2.45) is 17.6 Å². The lowest BCUT2D eigenvalue weighted by Gasteiger charge is -2.54. The largest absolute Gasteiger partial charge is 0.465 e. The molecule has 2 atom stereocenters. The zero-order valence-electron chi connectivity index (χ0n) is 25.6. The highest BCUT2D eigenvalue weighted by Gasteiger charge is 2.55. The number of hydrogen-bond donors (Lipinski definition) is 4. The van der Waals surface area contributed by atoms with E-state index in [0.29, 0.717) is 18.5 Å². The third-order valence-corrected chi connectivity index (χ3v) is 9.96. The summed E-state index contributed by atoms with van der Waals surface area (Å²) in [5, 5.41) is 16.6. The number of nitrogens with two attached hydrogens (primary N) is 1. The number of nitrogens with one attached hydrogen (secondary N) is 2. The predicted molar refractivity (Wildman–Crippen MR) is 171 cm³/mol. The van der Waals surface area contributed by atoms with Crippen LogP contribution < -0.4 is 16.4 Å². The first-order chi connectivity index (χ1) is 21.2. The molecule has 5 rings (SSSR count). The van der Waals surface area contributed by atoms with E-state index in [1.807, 2.05) is 67.7 Å². The molecule has 2 saturated heterocycles. The van der Waals surface area contributed by atoms with E-state index in [1.54, 1.807) is 4.90 Å². The average Bonchev–Trinajstić information content (AvgIpc) is 3.05. The number of allylic oxidation sites excluding steroid dienone is 2. The Morgan fingerprint density at radius 3 is 2.27 bits per heavy atom. The Bertz CT molecular complexity index is 1360. The Morgan fingerprint density at radius 1 is 0.977 bits per heavy atom. The summed E-state index contributed by atoms with van der Waals surface area (Å²) in [4.78, 5) is 41.6. The molecule has 44 heavy (non-hydrogen) atoms. The van der Waals surface area contributed by atoms with Gasteiger partial charge < -0.3 is 26.4 Å². The maximum atomic E-state index is 13.6. The number of nitrogens with zero attached hydrogens (tertiary/aromatic N) is 2. The van der Waals surface area contributed by atoms with Crippen molar-refractivity contribution in [2.45, 2.75) is 49.6 Å². The highest BCUT2D eigenvalue weighted by Crippen LogP contribution is 2.49. The third-order valence-electron chi connectivity index (χ3n) is 9.96. The van der Waals surface area contributed by atoms with Crippen molar-refractivity contribution in [3.63, 3.8) is 0 Å². The maximum Gasteiger partial charge on any atom is 0.405 e. The van der Waals surface area contributed by atoms with Gasteiger partial charge in [0.1, 0.15) is 0 Å². The molecule has 2 fully saturated rings. The van der Waals surface area contributed by atoms with Gasteiger partial charge in [0.2, 0.25) is 5.91 Å². The molecule has 2 aliphatic heterocycles. The van der Waals surface area contributed by atoms with Crippen molar-refractivity contribution >= 4 is 17.9 Å². The minimum Gasteiger partial charge on any atom is -0.465 e. The lowest BCUT2D eigenvalue weighted by molar-refractivity contribution is -0.123. The van der Waals surface area contributed by atoms with Crippen LogP contribution >= 0.6 is 0 Å².